The van der Waals surface area contributed by atoms with Crippen molar-refractivity contribution in [2.24, 2.45) is 0 Å². The number of fused-ring (bicyclic) bond motifs is 1. The third kappa shape index (κ3) is 3.38. The molecule has 26 heavy (non-hydrogen) atoms. The van der Waals surface area contributed by atoms with Gasteiger partial charge in [0.25, 0.3) is 5.78 Å². The number of aromatic nitrogens is 4. The summed E-state index contributed by atoms with van der Waals surface area (Å²) < 4.78 is 6.96. The van der Waals surface area contributed by atoms with Crippen molar-refractivity contribution in [1.82, 2.24) is 19.6 Å². The molecule has 0 aliphatic heterocycles. The van der Waals surface area contributed by atoms with E-state index in [0.717, 1.165) is 27.6 Å². The predicted octanol–water partition coefficient (Wildman–Crippen LogP) is 4.75. The minimum Gasteiger partial charge on any atom is -0.495 e. The van der Waals surface area contributed by atoms with Gasteiger partial charge in [0.1, 0.15) is 17.1 Å². The van der Waals surface area contributed by atoms with E-state index < -0.39 is 0 Å². The molecule has 2 heterocycles. The zero-order valence-corrected chi connectivity index (χ0v) is 15.5. The molecule has 0 aliphatic carbocycles. The molecule has 4 aromatic rings. The van der Waals surface area contributed by atoms with Crippen molar-refractivity contribution in [3.8, 4) is 17.0 Å². The monoisotopic (exact) mass is 382 g/mol. The van der Waals surface area contributed by atoms with Gasteiger partial charge in [0.05, 0.1) is 17.8 Å². The number of hydrogen-bond acceptors (Lipinski definition) is 5. The van der Waals surface area contributed by atoms with Gasteiger partial charge in [-0.15, -0.1) is 11.8 Å². The van der Waals surface area contributed by atoms with Crippen LogP contribution in [0.2, 0.25) is 5.02 Å². The first-order chi connectivity index (χ1) is 12.7. The van der Waals surface area contributed by atoms with Crippen LogP contribution >= 0.6 is 23.4 Å². The summed E-state index contributed by atoms with van der Waals surface area (Å²) in [5.41, 5.74) is 3.03. The molecule has 4 rings (SSSR count). The lowest BCUT2D eigenvalue weighted by atomic mass is 10.1. The highest BCUT2D eigenvalue weighted by atomic mass is 35.5. The molecule has 130 valence electrons. The quantitative estimate of drug-likeness (QED) is 0.368. The number of thioether (sulfide) groups is 1. The van der Waals surface area contributed by atoms with Gasteiger partial charge in [-0.05, 0) is 23.8 Å². The lowest BCUT2D eigenvalue weighted by Gasteiger charge is -2.09. The van der Waals surface area contributed by atoms with Crippen molar-refractivity contribution in [2.45, 2.75) is 10.8 Å². The number of methoxy groups -OCH3 is 1. The van der Waals surface area contributed by atoms with Crippen LogP contribution in [-0.2, 0) is 5.75 Å². The van der Waals surface area contributed by atoms with Crippen LogP contribution in [0.5, 0.6) is 5.75 Å². The van der Waals surface area contributed by atoms with Gasteiger partial charge in [0, 0.05) is 11.3 Å². The first-order valence-electron chi connectivity index (χ1n) is 7.96. The Bertz CT molecular complexity index is 1050. The molecule has 0 bridgehead atoms. The van der Waals surface area contributed by atoms with Crippen LogP contribution in [-0.4, -0.2) is 26.7 Å². The number of nitrogens with zero attached hydrogens (tertiary/aromatic N) is 4. The van der Waals surface area contributed by atoms with E-state index in [0.29, 0.717) is 16.5 Å². The van der Waals surface area contributed by atoms with Gasteiger partial charge in [-0.2, -0.15) is 14.6 Å². The Labute approximate surface area is 160 Å². The molecule has 0 unspecified atom stereocenters. The third-order valence-electron chi connectivity index (χ3n) is 3.89. The maximum absolute atomic E-state index is 6.22. The lowest BCUT2D eigenvalue weighted by molar-refractivity contribution is 0.415. The van der Waals surface area contributed by atoms with Gasteiger partial charge < -0.3 is 4.74 Å². The van der Waals surface area contributed by atoms with Crippen LogP contribution < -0.4 is 4.74 Å². The Hall–Kier alpha value is -2.57. The van der Waals surface area contributed by atoms with E-state index in [-0.39, 0.29) is 0 Å². The Morgan fingerprint density at radius 1 is 1.12 bits per heavy atom. The van der Waals surface area contributed by atoms with E-state index >= 15 is 0 Å². The molecule has 0 N–H and O–H groups in total. The van der Waals surface area contributed by atoms with Crippen LogP contribution in [0.15, 0.2) is 66.0 Å². The van der Waals surface area contributed by atoms with Gasteiger partial charge in [0.15, 0.2) is 0 Å². The minimum absolute atomic E-state index is 0.585. The topological polar surface area (TPSA) is 52.3 Å². The van der Waals surface area contributed by atoms with Gasteiger partial charge in [0.2, 0.25) is 0 Å². The van der Waals surface area contributed by atoms with E-state index in [9.17, 15) is 0 Å². The number of hydrogen-bond donors (Lipinski definition) is 0. The number of ether oxygens (including phenoxy) is 1. The molecule has 7 heteroatoms. The van der Waals surface area contributed by atoms with E-state index in [2.05, 4.69) is 15.1 Å². The Morgan fingerprint density at radius 3 is 2.73 bits per heavy atom. The summed E-state index contributed by atoms with van der Waals surface area (Å²) in [5, 5.41) is 5.87. The van der Waals surface area contributed by atoms with E-state index in [1.807, 2.05) is 54.6 Å². The molecule has 0 saturated carbocycles. The molecule has 0 amide bonds. The van der Waals surface area contributed by atoms with Crippen molar-refractivity contribution in [1.29, 1.82) is 0 Å². The smallest absolute Gasteiger partial charge is 0.253 e. The number of benzene rings is 2. The van der Waals surface area contributed by atoms with Crippen LogP contribution in [0.3, 0.4) is 0 Å². The maximum atomic E-state index is 6.22. The summed E-state index contributed by atoms with van der Waals surface area (Å²) in [4.78, 5) is 8.84. The second-order valence-corrected chi connectivity index (χ2v) is 6.98. The molecule has 0 atom stereocenters. The highest BCUT2D eigenvalue weighted by Gasteiger charge is 2.10. The molecular formula is C19H15ClN4OS. The summed E-state index contributed by atoms with van der Waals surface area (Å²) in [7, 11) is 1.61. The summed E-state index contributed by atoms with van der Waals surface area (Å²) in [6.07, 6.45) is 1.52. The molecule has 5 nitrogen and oxygen atoms in total. The normalized spacial score (nSPS) is 11.0. The van der Waals surface area contributed by atoms with Crippen LogP contribution in [0.25, 0.3) is 17.0 Å². The molecule has 0 fully saturated rings. The average Bonchev–Trinajstić information content (AvgIpc) is 3.15. The second kappa shape index (κ2) is 7.35. The molecule has 2 aromatic heterocycles. The number of rotatable bonds is 5. The van der Waals surface area contributed by atoms with E-state index in [1.165, 1.54) is 6.33 Å². The van der Waals surface area contributed by atoms with Crippen LogP contribution in [0.4, 0.5) is 0 Å². The SMILES string of the molecule is COc1ccc(CSc2cc(-c3ccccc3)nc3ncnn23)cc1Cl. The zero-order valence-electron chi connectivity index (χ0n) is 14.0. The lowest BCUT2D eigenvalue weighted by Crippen LogP contribution is -1.98. The van der Waals surface area contributed by atoms with E-state index in [1.54, 1.807) is 23.4 Å². The first-order valence-corrected chi connectivity index (χ1v) is 9.32. The fourth-order valence-corrected chi connectivity index (χ4v) is 3.82. The van der Waals surface area contributed by atoms with Crippen LogP contribution in [0.1, 0.15) is 5.56 Å². The molecule has 0 spiro atoms. The van der Waals surface area contributed by atoms with Crippen molar-refractivity contribution < 1.29 is 4.74 Å². The highest BCUT2D eigenvalue weighted by molar-refractivity contribution is 7.98. The predicted molar refractivity (Wildman–Crippen MR) is 104 cm³/mol. The van der Waals surface area contributed by atoms with Gasteiger partial charge in [-0.1, -0.05) is 48.0 Å². The first kappa shape index (κ1) is 16.9. The van der Waals surface area contributed by atoms with Crippen molar-refractivity contribution in [2.75, 3.05) is 7.11 Å². The zero-order chi connectivity index (χ0) is 17.9. The summed E-state index contributed by atoms with van der Waals surface area (Å²) in [6, 6.07) is 17.9. The fraction of sp³-hybridized carbons (Fsp3) is 0.105. The molecular weight excluding hydrogens is 368 g/mol. The van der Waals surface area contributed by atoms with Gasteiger partial charge in [-0.25, -0.2) is 4.98 Å². The molecule has 0 aliphatic rings. The highest BCUT2D eigenvalue weighted by Crippen LogP contribution is 2.30. The third-order valence-corrected chi connectivity index (χ3v) is 5.25. The van der Waals surface area contributed by atoms with Crippen molar-refractivity contribution in [3.05, 3.63) is 71.5 Å². The van der Waals surface area contributed by atoms with Gasteiger partial charge >= 0.3 is 0 Å². The van der Waals surface area contributed by atoms with Crippen molar-refractivity contribution in [3.63, 3.8) is 0 Å². The second-order valence-electron chi connectivity index (χ2n) is 5.58. The summed E-state index contributed by atoms with van der Waals surface area (Å²) in [5.74, 6) is 2.01. The minimum atomic E-state index is 0.585. The van der Waals surface area contributed by atoms with Gasteiger partial charge in [-0.3, -0.25) is 0 Å². The maximum Gasteiger partial charge on any atom is 0.253 e. The molecule has 0 radical (unpaired) electrons. The average molecular weight is 383 g/mol. The standard InChI is InChI=1S/C19H15ClN4OS/c1-25-17-8-7-13(9-15(17)20)11-26-18-10-16(14-5-3-2-4-6-14)23-19-21-12-22-24(18)19/h2-10,12H,11H2,1H3. The molecule has 0 saturated heterocycles. The Kier molecular flexibility index (Phi) is 4.77. The largest absolute Gasteiger partial charge is 0.495 e. The summed E-state index contributed by atoms with van der Waals surface area (Å²) >= 11 is 7.88. The van der Waals surface area contributed by atoms with E-state index in [4.69, 9.17) is 16.3 Å². The van der Waals surface area contributed by atoms with Crippen LogP contribution in [0, 0.1) is 0 Å². The fourth-order valence-electron chi connectivity index (χ4n) is 2.60. The molecule has 2 aromatic carbocycles. The van der Waals surface area contributed by atoms with Crippen molar-refractivity contribution >= 4 is 29.1 Å². The summed E-state index contributed by atoms with van der Waals surface area (Å²) in [6.45, 7) is 0. The Balaban J connectivity index is 1.65. The number of halogens is 1. The Morgan fingerprint density at radius 2 is 1.96 bits per heavy atom.